The van der Waals surface area contributed by atoms with Crippen LogP contribution in [0.5, 0.6) is 0 Å². The highest BCUT2D eigenvalue weighted by molar-refractivity contribution is 7.91. The summed E-state index contributed by atoms with van der Waals surface area (Å²) in [6, 6.07) is 13.0. The van der Waals surface area contributed by atoms with E-state index in [2.05, 4.69) is 15.2 Å². The summed E-state index contributed by atoms with van der Waals surface area (Å²) in [4.78, 5) is 6.79. The van der Waals surface area contributed by atoms with Crippen LogP contribution in [-0.2, 0) is 9.84 Å². The zero-order valence-electron chi connectivity index (χ0n) is 14.9. The van der Waals surface area contributed by atoms with E-state index in [-0.39, 0.29) is 22.2 Å². The maximum Gasteiger partial charge on any atom is 0.208 e. The topological polar surface area (TPSA) is 62.3 Å². The van der Waals surface area contributed by atoms with E-state index in [1.165, 1.54) is 24.4 Å². The van der Waals surface area contributed by atoms with Gasteiger partial charge in [-0.2, -0.15) is 0 Å². The highest BCUT2D eigenvalue weighted by Gasteiger charge is 2.39. The van der Waals surface area contributed by atoms with Crippen molar-refractivity contribution in [1.82, 2.24) is 10.3 Å². The van der Waals surface area contributed by atoms with E-state index in [9.17, 15) is 12.8 Å². The second kappa shape index (κ2) is 6.99. The number of pyridine rings is 1. The van der Waals surface area contributed by atoms with Gasteiger partial charge in [0.15, 0.2) is 0 Å². The normalized spacial score (nSPS) is 21.1. The van der Waals surface area contributed by atoms with Crippen LogP contribution in [0.25, 0.3) is 10.9 Å². The molecular weight excluding hydrogens is 401 g/mol. The molecule has 0 spiro atoms. The second-order valence-electron chi connectivity index (χ2n) is 7.16. The van der Waals surface area contributed by atoms with Crippen LogP contribution in [0.4, 0.5) is 10.1 Å². The van der Waals surface area contributed by atoms with Crippen LogP contribution in [-0.4, -0.2) is 39.1 Å². The molecule has 5 nitrogen and oxygen atoms in total. The van der Waals surface area contributed by atoms with Crippen LogP contribution in [0, 0.1) is 11.7 Å². The first-order valence-corrected chi connectivity index (χ1v) is 10.4. The van der Waals surface area contributed by atoms with Crippen LogP contribution in [0.1, 0.15) is 0 Å². The largest absolute Gasteiger partial charge is 0.368 e. The molecule has 0 bridgehead atoms. The number of fused-ring (bicyclic) bond motifs is 2. The van der Waals surface area contributed by atoms with Gasteiger partial charge in [-0.15, -0.1) is 12.4 Å². The lowest BCUT2D eigenvalue weighted by Crippen LogP contribution is -2.51. The van der Waals surface area contributed by atoms with Gasteiger partial charge < -0.3 is 10.2 Å². The van der Waals surface area contributed by atoms with E-state index in [0.29, 0.717) is 12.0 Å². The Balaban J connectivity index is 0.00000192. The van der Waals surface area contributed by atoms with Gasteiger partial charge in [0.25, 0.3) is 0 Å². The molecular formula is C20H19ClFN3O2S. The average molecular weight is 420 g/mol. The zero-order chi connectivity index (χ0) is 18.6. The number of aromatic nitrogens is 1. The smallest absolute Gasteiger partial charge is 0.208 e. The fraction of sp³-hybridized carbons (Fsp3) is 0.250. The van der Waals surface area contributed by atoms with Crippen molar-refractivity contribution in [3.05, 3.63) is 60.5 Å². The number of hydrogen-bond donors (Lipinski definition) is 1. The van der Waals surface area contributed by atoms with Gasteiger partial charge in [0, 0.05) is 43.2 Å². The molecule has 2 unspecified atom stereocenters. The number of nitrogens with one attached hydrogen (secondary N) is 1. The van der Waals surface area contributed by atoms with Crippen molar-refractivity contribution < 1.29 is 12.8 Å². The summed E-state index contributed by atoms with van der Waals surface area (Å²) in [7, 11) is -3.82. The first-order chi connectivity index (χ1) is 13.0. The number of para-hydroxylation sites is 1. The first-order valence-electron chi connectivity index (χ1n) is 8.90. The van der Waals surface area contributed by atoms with Gasteiger partial charge in [0.1, 0.15) is 5.82 Å². The summed E-state index contributed by atoms with van der Waals surface area (Å²) in [6.45, 7) is 2.98. The van der Waals surface area contributed by atoms with Gasteiger partial charge >= 0.3 is 0 Å². The van der Waals surface area contributed by atoms with E-state index >= 15 is 0 Å². The van der Waals surface area contributed by atoms with Gasteiger partial charge in [-0.25, -0.2) is 12.8 Å². The number of sulfone groups is 1. The third-order valence-electron chi connectivity index (χ3n) is 5.51. The second-order valence-corrected chi connectivity index (χ2v) is 9.11. The summed E-state index contributed by atoms with van der Waals surface area (Å²) in [5, 5.41) is 4.20. The predicted octanol–water partition coefficient (Wildman–Crippen LogP) is 3.04. The molecule has 2 aliphatic rings. The molecule has 3 aromatic rings. The number of halogens is 2. The zero-order valence-corrected chi connectivity index (χ0v) is 16.5. The van der Waals surface area contributed by atoms with Crippen molar-refractivity contribution in [2.45, 2.75) is 15.8 Å². The van der Waals surface area contributed by atoms with Crippen LogP contribution in [0.2, 0.25) is 0 Å². The molecule has 2 fully saturated rings. The van der Waals surface area contributed by atoms with E-state index < -0.39 is 15.7 Å². The minimum absolute atomic E-state index is 0. The predicted molar refractivity (Wildman–Crippen MR) is 108 cm³/mol. The highest BCUT2D eigenvalue weighted by Crippen LogP contribution is 2.33. The first kappa shape index (κ1) is 19.1. The molecule has 2 saturated heterocycles. The molecule has 0 aliphatic carbocycles. The molecule has 2 atom stereocenters. The SMILES string of the molecule is Cl.O=S(=O)(c1cccc(F)c1)c1cnc2c(N3CC4CNC4C3)cccc2c1. The molecule has 146 valence electrons. The van der Waals surface area contributed by atoms with E-state index in [1.807, 2.05) is 18.2 Å². The number of nitrogens with zero attached hydrogens (tertiary/aromatic N) is 2. The van der Waals surface area contributed by atoms with E-state index in [1.54, 1.807) is 6.07 Å². The van der Waals surface area contributed by atoms with Crippen molar-refractivity contribution in [3.8, 4) is 0 Å². The molecule has 1 N–H and O–H groups in total. The van der Waals surface area contributed by atoms with Gasteiger partial charge in [-0.05, 0) is 30.3 Å². The summed E-state index contributed by atoms with van der Waals surface area (Å²) < 4.78 is 39.1. The Morgan fingerprint density at radius 2 is 1.89 bits per heavy atom. The van der Waals surface area contributed by atoms with Crippen molar-refractivity contribution in [2.75, 3.05) is 24.5 Å². The lowest BCUT2D eigenvalue weighted by molar-refractivity contribution is 0.297. The number of anilines is 1. The molecule has 5 rings (SSSR count). The lowest BCUT2D eigenvalue weighted by atomic mass is 9.96. The highest BCUT2D eigenvalue weighted by atomic mass is 35.5. The summed E-state index contributed by atoms with van der Waals surface area (Å²) in [5.74, 6) is 0.0947. The summed E-state index contributed by atoms with van der Waals surface area (Å²) >= 11 is 0. The maximum absolute atomic E-state index is 13.5. The molecule has 0 amide bonds. The molecule has 8 heteroatoms. The van der Waals surface area contributed by atoms with Crippen molar-refractivity contribution >= 4 is 38.8 Å². The quantitative estimate of drug-likeness (QED) is 0.707. The van der Waals surface area contributed by atoms with Crippen molar-refractivity contribution in [1.29, 1.82) is 0 Å². The average Bonchev–Trinajstić information content (AvgIpc) is 2.95. The van der Waals surface area contributed by atoms with Crippen LogP contribution >= 0.6 is 12.4 Å². The molecule has 2 aromatic carbocycles. The molecule has 1 aromatic heterocycles. The van der Waals surface area contributed by atoms with E-state index in [4.69, 9.17) is 0 Å². The third-order valence-corrected chi connectivity index (χ3v) is 7.22. The van der Waals surface area contributed by atoms with Gasteiger partial charge in [0.2, 0.25) is 9.84 Å². The standard InChI is InChI=1S/C20H18FN3O2S.ClH/c21-15-4-2-5-16(8-15)27(25,26)17-7-13-3-1-6-19(20(13)23-10-17)24-11-14-9-22-18(14)12-24;/h1-8,10,14,18,22H,9,11-12H2;1H. The maximum atomic E-state index is 13.5. The monoisotopic (exact) mass is 419 g/mol. The Morgan fingerprint density at radius 1 is 1.07 bits per heavy atom. The van der Waals surface area contributed by atoms with Crippen LogP contribution in [0.3, 0.4) is 0 Å². The van der Waals surface area contributed by atoms with E-state index in [0.717, 1.165) is 42.3 Å². The van der Waals surface area contributed by atoms with Crippen LogP contribution in [0.15, 0.2) is 64.5 Å². The Hall–Kier alpha value is -2.22. The van der Waals surface area contributed by atoms with Crippen molar-refractivity contribution in [2.24, 2.45) is 5.92 Å². The van der Waals surface area contributed by atoms with Gasteiger partial charge in [-0.1, -0.05) is 18.2 Å². The number of benzene rings is 2. The summed E-state index contributed by atoms with van der Waals surface area (Å²) in [5.41, 5.74) is 1.82. The Morgan fingerprint density at radius 3 is 2.57 bits per heavy atom. The lowest BCUT2D eigenvalue weighted by Gasteiger charge is -2.29. The van der Waals surface area contributed by atoms with Crippen LogP contribution < -0.4 is 10.2 Å². The Bertz CT molecular complexity index is 1140. The number of hydrogen-bond acceptors (Lipinski definition) is 5. The fourth-order valence-electron chi connectivity index (χ4n) is 3.95. The molecule has 28 heavy (non-hydrogen) atoms. The Kier molecular flexibility index (Phi) is 4.77. The van der Waals surface area contributed by atoms with Gasteiger partial charge in [-0.3, -0.25) is 4.98 Å². The molecule has 0 saturated carbocycles. The van der Waals surface area contributed by atoms with Crippen molar-refractivity contribution in [3.63, 3.8) is 0 Å². The summed E-state index contributed by atoms with van der Waals surface area (Å²) in [6.07, 6.45) is 1.37. The molecule has 0 radical (unpaired) electrons. The molecule has 2 aliphatic heterocycles. The molecule has 3 heterocycles. The van der Waals surface area contributed by atoms with Gasteiger partial charge in [0.05, 0.1) is 21.0 Å². The minimum Gasteiger partial charge on any atom is -0.368 e. The third kappa shape index (κ3) is 3.03. The number of rotatable bonds is 3. The Labute approximate surface area is 168 Å². The minimum atomic E-state index is -3.82. The fourth-order valence-corrected chi connectivity index (χ4v) is 5.22.